The van der Waals surface area contributed by atoms with Crippen molar-refractivity contribution in [2.75, 3.05) is 53.3 Å². The number of carbonyl (C=O) groups is 2. The molecule has 8 heteroatoms. The van der Waals surface area contributed by atoms with Gasteiger partial charge in [-0.1, -0.05) is 6.92 Å². The molecule has 122 valence electrons. The van der Waals surface area contributed by atoms with Crippen LogP contribution < -0.4 is 0 Å². The van der Waals surface area contributed by atoms with E-state index in [2.05, 4.69) is 4.74 Å². The number of rotatable bonds is 9. The second-order valence-electron chi connectivity index (χ2n) is 5.22. The quantitative estimate of drug-likeness (QED) is 0.380. The van der Waals surface area contributed by atoms with Gasteiger partial charge in [-0.2, -0.15) is 0 Å². The number of quaternary nitrogens is 1. The van der Waals surface area contributed by atoms with Gasteiger partial charge in [0.15, 0.2) is 0 Å². The van der Waals surface area contributed by atoms with E-state index in [-0.39, 0.29) is 19.8 Å². The summed E-state index contributed by atoms with van der Waals surface area (Å²) in [5, 5.41) is 8.45. The van der Waals surface area contributed by atoms with E-state index < -0.39 is 19.2 Å². The zero-order valence-electron chi connectivity index (χ0n) is 13.1. The van der Waals surface area contributed by atoms with Crippen LogP contribution in [0.2, 0.25) is 0 Å². The lowest BCUT2D eigenvalue weighted by Crippen LogP contribution is -2.33. The summed E-state index contributed by atoms with van der Waals surface area (Å²) >= 11 is 0. The van der Waals surface area contributed by atoms with Crippen molar-refractivity contribution in [2.24, 2.45) is 0 Å². The molecule has 1 N–H and O–H groups in total. The number of nitrogens with zero attached hydrogens (tertiary/aromatic N) is 1. The first-order valence-corrected chi connectivity index (χ1v) is 8.71. The SMILES string of the molecule is CCP(=O)(CCOC(=O)C=CC(=O)OCCO)[N+](C)(C)C. The van der Waals surface area contributed by atoms with Gasteiger partial charge < -0.3 is 14.6 Å². The molecule has 0 fully saturated rings. The fourth-order valence-electron chi connectivity index (χ4n) is 1.55. The highest BCUT2D eigenvalue weighted by Gasteiger charge is 2.34. The molecule has 0 amide bonds. The minimum atomic E-state index is -2.48. The van der Waals surface area contributed by atoms with E-state index >= 15 is 0 Å². The Balaban J connectivity index is 4.24. The van der Waals surface area contributed by atoms with Gasteiger partial charge in [0.1, 0.15) is 13.2 Å². The number of hydrogen-bond acceptors (Lipinski definition) is 6. The third-order valence-electron chi connectivity index (χ3n) is 2.96. The second-order valence-corrected chi connectivity index (χ2v) is 9.19. The number of hydrogen-bond donors (Lipinski definition) is 1. The Labute approximate surface area is 125 Å². The van der Waals surface area contributed by atoms with Crippen LogP contribution in [0.1, 0.15) is 6.92 Å². The number of aliphatic hydroxyl groups is 1. The van der Waals surface area contributed by atoms with Crippen molar-refractivity contribution in [3.63, 3.8) is 0 Å². The molecule has 0 aromatic carbocycles. The van der Waals surface area contributed by atoms with Crippen molar-refractivity contribution in [3.8, 4) is 0 Å². The predicted molar refractivity (Wildman–Crippen MR) is 79.2 cm³/mol. The summed E-state index contributed by atoms with van der Waals surface area (Å²) < 4.78 is 22.4. The molecule has 0 aliphatic heterocycles. The molecule has 21 heavy (non-hydrogen) atoms. The monoisotopic (exact) mass is 322 g/mol. The predicted octanol–water partition coefficient (Wildman–Crippen LogP) is 0.625. The van der Waals surface area contributed by atoms with Crippen molar-refractivity contribution in [1.29, 1.82) is 0 Å². The van der Waals surface area contributed by atoms with Crippen LogP contribution in [-0.4, -0.2) is 74.6 Å². The minimum Gasteiger partial charge on any atom is -0.462 e. The number of ether oxygens (including phenoxy) is 2. The van der Waals surface area contributed by atoms with Crippen LogP contribution in [0, 0.1) is 0 Å². The van der Waals surface area contributed by atoms with E-state index in [1.807, 2.05) is 28.1 Å². The van der Waals surface area contributed by atoms with Gasteiger partial charge in [0.25, 0.3) is 7.29 Å². The van der Waals surface area contributed by atoms with E-state index in [1.165, 1.54) is 0 Å². The van der Waals surface area contributed by atoms with Crippen LogP contribution in [0.3, 0.4) is 0 Å². The molecule has 0 aromatic rings. The van der Waals surface area contributed by atoms with Gasteiger partial charge in [-0.05, 0) is 0 Å². The number of carbonyl (C=O) groups excluding carboxylic acids is 2. The van der Waals surface area contributed by atoms with Gasteiger partial charge in [-0.25, -0.2) is 9.59 Å². The smallest absolute Gasteiger partial charge is 0.331 e. The number of esters is 2. The maximum atomic E-state index is 12.6. The van der Waals surface area contributed by atoms with Crippen molar-refractivity contribution in [2.45, 2.75) is 6.92 Å². The molecule has 0 aliphatic rings. The lowest BCUT2D eigenvalue weighted by atomic mass is 10.5. The normalized spacial score (nSPS) is 14.7. The average molecular weight is 322 g/mol. The van der Waals surface area contributed by atoms with Crippen molar-refractivity contribution in [1.82, 2.24) is 0 Å². The molecule has 0 saturated carbocycles. The summed E-state index contributed by atoms with van der Waals surface area (Å²) in [6.07, 6.45) is 2.69. The van der Waals surface area contributed by atoms with Crippen LogP contribution in [-0.2, 0) is 23.6 Å². The topological polar surface area (TPSA) is 89.9 Å². The van der Waals surface area contributed by atoms with Crippen LogP contribution in [0.25, 0.3) is 0 Å². The fourth-order valence-corrected chi connectivity index (χ4v) is 3.69. The summed E-state index contributed by atoms with van der Waals surface area (Å²) in [6, 6.07) is 0. The lowest BCUT2D eigenvalue weighted by Gasteiger charge is -2.33. The highest BCUT2D eigenvalue weighted by molar-refractivity contribution is 7.58. The molecular weight excluding hydrogens is 297 g/mol. The molecule has 7 nitrogen and oxygen atoms in total. The van der Waals surface area contributed by atoms with Crippen LogP contribution in [0.15, 0.2) is 12.2 Å². The van der Waals surface area contributed by atoms with Crippen LogP contribution in [0.4, 0.5) is 0 Å². The highest BCUT2D eigenvalue weighted by atomic mass is 31.2. The van der Waals surface area contributed by atoms with Crippen LogP contribution in [0.5, 0.6) is 0 Å². The maximum Gasteiger partial charge on any atom is 0.331 e. The molecule has 0 radical (unpaired) electrons. The Hall–Kier alpha value is -1.17. The molecular formula is C13H25NO6P+. The Morgan fingerprint density at radius 1 is 1.10 bits per heavy atom. The first-order valence-electron chi connectivity index (χ1n) is 6.68. The van der Waals surface area contributed by atoms with Gasteiger partial charge in [0.05, 0.1) is 33.9 Å². The highest BCUT2D eigenvalue weighted by Crippen LogP contribution is 2.51. The average Bonchev–Trinajstić information content (AvgIpc) is 2.41. The molecule has 0 rings (SSSR count). The Morgan fingerprint density at radius 2 is 1.57 bits per heavy atom. The van der Waals surface area contributed by atoms with E-state index in [0.717, 1.165) is 12.2 Å². The van der Waals surface area contributed by atoms with Crippen molar-refractivity contribution >= 4 is 19.2 Å². The minimum absolute atomic E-state index is 0.0372. The van der Waals surface area contributed by atoms with E-state index in [9.17, 15) is 14.2 Å². The summed E-state index contributed by atoms with van der Waals surface area (Å²) in [7, 11) is 3.07. The van der Waals surface area contributed by atoms with Crippen molar-refractivity contribution in [3.05, 3.63) is 12.2 Å². The second kappa shape index (κ2) is 8.97. The van der Waals surface area contributed by atoms with E-state index in [4.69, 9.17) is 9.84 Å². The molecule has 0 heterocycles. The molecule has 1 unspecified atom stereocenters. The maximum absolute atomic E-state index is 12.6. The molecule has 0 saturated heterocycles. The first kappa shape index (κ1) is 19.8. The Kier molecular flexibility index (Phi) is 8.47. The largest absolute Gasteiger partial charge is 0.462 e. The zero-order valence-corrected chi connectivity index (χ0v) is 14.0. The first-order chi connectivity index (χ1) is 9.66. The van der Waals surface area contributed by atoms with Crippen LogP contribution >= 0.6 is 7.29 Å². The third-order valence-corrected chi connectivity index (χ3v) is 7.02. The summed E-state index contributed by atoms with van der Waals surface area (Å²) in [5.41, 5.74) is 0. The summed E-state index contributed by atoms with van der Waals surface area (Å²) in [4.78, 5) is 22.4. The van der Waals surface area contributed by atoms with Gasteiger partial charge in [0, 0.05) is 18.3 Å². The molecule has 1 atom stereocenters. The van der Waals surface area contributed by atoms with Gasteiger partial charge in [-0.15, -0.1) is 0 Å². The fraction of sp³-hybridized carbons (Fsp3) is 0.692. The Morgan fingerprint density at radius 3 is 1.95 bits per heavy atom. The molecule has 0 aromatic heterocycles. The van der Waals surface area contributed by atoms with Gasteiger partial charge in [0.2, 0.25) is 0 Å². The standard InChI is InChI=1S/C13H25NO6P/c1-5-21(18,14(2,3)4)11-10-20-13(17)7-6-12(16)19-9-8-15/h6-7,15H,5,8-11H2,1-4H3/q+1. The van der Waals surface area contributed by atoms with Gasteiger partial charge in [-0.3, -0.25) is 8.82 Å². The molecule has 0 bridgehead atoms. The van der Waals surface area contributed by atoms with Gasteiger partial charge >= 0.3 is 11.9 Å². The molecule has 0 spiro atoms. The third kappa shape index (κ3) is 7.41. The van der Waals surface area contributed by atoms with E-state index in [1.54, 1.807) is 0 Å². The van der Waals surface area contributed by atoms with E-state index in [0.29, 0.717) is 16.6 Å². The van der Waals surface area contributed by atoms with Crippen molar-refractivity contribution < 1.29 is 33.0 Å². The molecule has 0 aliphatic carbocycles. The Bertz CT molecular complexity index is 427. The number of aliphatic hydroxyl groups excluding tert-OH is 1. The summed E-state index contributed by atoms with van der Waals surface area (Å²) in [6.45, 7) is 1.49. The lowest BCUT2D eigenvalue weighted by molar-refractivity contribution is -0.746. The summed E-state index contributed by atoms with van der Waals surface area (Å²) in [5.74, 6) is -1.42. The zero-order chi connectivity index (χ0) is 16.5.